The molecule has 0 amide bonds. The van der Waals surface area contributed by atoms with E-state index in [0.29, 0.717) is 0 Å². The monoisotopic (exact) mass is 196 g/mol. The Morgan fingerprint density at radius 3 is 2.86 bits per heavy atom. The molecule has 0 aromatic rings. The summed E-state index contributed by atoms with van der Waals surface area (Å²) in [5, 5.41) is 3.28. The van der Waals surface area contributed by atoms with Crippen LogP contribution >= 0.6 is 0 Å². The van der Waals surface area contributed by atoms with E-state index in [1.807, 2.05) is 6.92 Å². The summed E-state index contributed by atoms with van der Waals surface area (Å²) >= 11 is 0. The molecule has 0 aliphatic carbocycles. The van der Waals surface area contributed by atoms with Crippen LogP contribution in [0.1, 0.15) is 13.3 Å². The first kappa shape index (κ1) is 11.5. The fraction of sp³-hybridized carbons (Fsp3) is 0.818. The summed E-state index contributed by atoms with van der Waals surface area (Å²) in [5.41, 5.74) is 0. The molecule has 0 aromatic heterocycles. The van der Waals surface area contributed by atoms with Crippen molar-refractivity contribution in [2.45, 2.75) is 19.4 Å². The molecule has 80 valence electrons. The Morgan fingerprint density at radius 2 is 2.21 bits per heavy atom. The van der Waals surface area contributed by atoms with Crippen LogP contribution in [0.5, 0.6) is 0 Å². The van der Waals surface area contributed by atoms with Crippen molar-refractivity contribution < 1.29 is 4.74 Å². The summed E-state index contributed by atoms with van der Waals surface area (Å²) in [5.74, 6) is 2.66. The molecule has 14 heavy (non-hydrogen) atoms. The number of nitrogens with zero attached hydrogens (tertiary/aromatic N) is 1. The molecule has 0 saturated carbocycles. The number of hydrogen-bond donors (Lipinski definition) is 1. The largest absolute Gasteiger partial charge is 0.379 e. The van der Waals surface area contributed by atoms with E-state index in [2.05, 4.69) is 16.1 Å². The molecule has 0 bridgehead atoms. The van der Waals surface area contributed by atoms with E-state index in [1.165, 1.54) is 0 Å². The van der Waals surface area contributed by atoms with Crippen molar-refractivity contribution in [3.8, 4) is 12.3 Å². The van der Waals surface area contributed by atoms with E-state index in [-0.39, 0.29) is 6.04 Å². The molecule has 1 fully saturated rings. The zero-order valence-corrected chi connectivity index (χ0v) is 8.96. The Kier molecular flexibility index (Phi) is 5.62. The molecular weight excluding hydrogens is 176 g/mol. The minimum atomic E-state index is 0.194. The summed E-state index contributed by atoms with van der Waals surface area (Å²) in [6.07, 6.45) is 6.42. The second-order valence-electron chi connectivity index (χ2n) is 3.65. The zero-order chi connectivity index (χ0) is 10.2. The number of rotatable bonds is 5. The van der Waals surface area contributed by atoms with Gasteiger partial charge in [0.15, 0.2) is 0 Å². The molecular formula is C11H20N2O. The Labute approximate surface area is 86.8 Å². The van der Waals surface area contributed by atoms with Gasteiger partial charge in [0.2, 0.25) is 0 Å². The minimum Gasteiger partial charge on any atom is -0.379 e. The molecule has 1 aliphatic heterocycles. The smallest absolute Gasteiger partial charge is 0.0658 e. The number of nitrogens with one attached hydrogen (secondary N) is 1. The van der Waals surface area contributed by atoms with Crippen molar-refractivity contribution in [2.24, 2.45) is 0 Å². The quantitative estimate of drug-likeness (QED) is 0.506. The van der Waals surface area contributed by atoms with E-state index in [9.17, 15) is 0 Å². The second-order valence-corrected chi connectivity index (χ2v) is 3.65. The highest BCUT2D eigenvalue weighted by Gasteiger charge is 2.08. The lowest BCUT2D eigenvalue weighted by atomic mass is 10.3. The van der Waals surface area contributed by atoms with Gasteiger partial charge in [-0.05, 0) is 26.4 Å². The zero-order valence-electron chi connectivity index (χ0n) is 8.96. The van der Waals surface area contributed by atoms with Gasteiger partial charge in [-0.2, -0.15) is 0 Å². The van der Waals surface area contributed by atoms with E-state index in [0.717, 1.165) is 45.8 Å². The summed E-state index contributed by atoms with van der Waals surface area (Å²) < 4.78 is 5.28. The third-order valence-electron chi connectivity index (χ3n) is 2.46. The molecule has 1 N–H and O–H groups in total. The Bertz CT molecular complexity index is 182. The molecule has 1 aliphatic rings. The highest BCUT2D eigenvalue weighted by atomic mass is 16.5. The van der Waals surface area contributed by atoms with Gasteiger partial charge in [-0.15, -0.1) is 6.42 Å². The molecule has 1 atom stereocenters. The summed E-state index contributed by atoms with van der Waals surface area (Å²) in [7, 11) is 0. The molecule has 0 aromatic carbocycles. The van der Waals surface area contributed by atoms with Gasteiger partial charge in [0.25, 0.3) is 0 Å². The third kappa shape index (κ3) is 4.61. The van der Waals surface area contributed by atoms with Crippen LogP contribution in [0.2, 0.25) is 0 Å². The van der Waals surface area contributed by atoms with Crippen LogP contribution in [-0.4, -0.2) is 50.3 Å². The number of hydrogen-bond acceptors (Lipinski definition) is 3. The van der Waals surface area contributed by atoms with Crippen LogP contribution in [0.15, 0.2) is 0 Å². The summed E-state index contributed by atoms with van der Waals surface area (Å²) in [6, 6.07) is 0.194. The average Bonchev–Trinajstić information content (AvgIpc) is 2.25. The normalized spacial score (nSPS) is 20.3. The maximum Gasteiger partial charge on any atom is 0.0658 e. The van der Waals surface area contributed by atoms with Gasteiger partial charge >= 0.3 is 0 Å². The lowest BCUT2D eigenvalue weighted by Gasteiger charge is -2.26. The fourth-order valence-electron chi connectivity index (χ4n) is 1.50. The van der Waals surface area contributed by atoms with Crippen LogP contribution in [0, 0.1) is 12.3 Å². The predicted octanol–water partition coefficient (Wildman–Crippen LogP) is 0.320. The molecule has 1 saturated heterocycles. The fourth-order valence-corrected chi connectivity index (χ4v) is 1.50. The van der Waals surface area contributed by atoms with Crippen LogP contribution in [0.3, 0.4) is 0 Å². The first-order valence-corrected chi connectivity index (χ1v) is 5.32. The van der Waals surface area contributed by atoms with Crippen LogP contribution in [0.25, 0.3) is 0 Å². The van der Waals surface area contributed by atoms with Gasteiger partial charge in [-0.3, -0.25) is 4.90 Å². The minimum absolute atomic E-state index is 0.194. The molecule has 1 rings (SSSR count). The Balaban J connectivity index is 1.95. The highest BCUT2D eigenvalue weighted by molar-refractivity contribution is 4.95. The van der Waals surface area contributed by atoms with Gasteiger partial charge in [0, 0.05) is 13.1 Å². The average molecular weight is 196 g/mol. The first-order chi connectivity index (χ1) is 6.83. The van der Waals surface area contributed by atoms with E-state index >= 15 is 0 Å². The Morgan fingerprint density at radius 1 is 1.50 bits per heavy atom. The molecule has 1 heterocycles. The van der Waals surface area contributed by atoms with Gasteiger partial charge in [-0.25, -0.2) is 0 Å². The van der Waals surface area contributed by atoms with Gasteiger partial charge in [0.05, 0.1) is 19.3 Å². The lowest BCUT2D eigenvalue weighted by Crippen LogP contribution is -2.38. The summed E-state index contributed by atoms with van der Waals surface area (Å²) in [6.45, 7) is 8.07. The number of morpholine rings is 1. The number of terminal acetylenes is 1. The first-order valence-electron chi connectivity index (χ1n) is 5.32. The second kappa shape index (κ2) is 6.83. The van der Waals surface area contributed by atoms with Crippen molar-refractivity contribution >= 4 is 0 Å². The van der Waals surface area contributed by atoms with Crippen molar-refractivity contribution in [3.05, 3.63) is 0 Å². The molecule has 1 unspecified atom stereocenters. The van der Waals surface area contributed by atoms with Gasteiger partial charge < -0.3 is 10.1 Å². The van der Waals surface area contributed by atoms with Crippen molar-refractivity contribution in [3.63, 3.8) is 0 Å². The third-order valence-corrected chi connectivity index (χ3v) is 2.46. The standard InChI is InChI=1S/C11H20N2O/c1-3-11(2)12-5-4-6-13-7-9-14-10-8-13/h1,11-12H,4-10H2,2H3. The van der Waals surface area contributed by atoms with Gasteiger partial charge in [0.1, 0.15) is 0 Å². The SMILES string of the molecule is C#CC(C)NCCCN1CCOCC1. The van der Waals surface area contributed by atoms with Crippen LogP contribution < -0.4 is 5.32 Å². The highest BCUT2D eigenvalue weighted by Crippen LogP contribution is 1.97. The van der Waals surface area contributed by atoms with E-state index < -0.39 is 0 Å². The van der Waals surface area contributed by atoms with Crippen LogP contribution in [0.4, 0.5) is 0 Å². The maximum atomic E-state index is 5.28. The van der Waals surface area contributed by atoms with E-state index in [1.54, 1.807) is 0 Å². The Hall–Kier alpha value is -0.560. The molecule has 0 spiro atoms. The number of ether oxygens (including phenoxy) is 1. The van der Waals surface area contributed by atoms with E-state index in [4.69, 9.17) is 11.2 Å². The van der Waals surface area contributed by atoms with Crippen LogP contribution in [-0.2, 0) is 4.74 Å². The summed E-state index contributed by atoms with van der Waals surface area (Å²) in [4.78, 5) is 2.44. The predicted molar refractivity (Wildman–Crippen MR) is 58.2 cm³/mol. The topological polar surface area (TPSA) is 24.5 Å². The van der Waals surface area contributed by atoms with Crippen molar-refractivity contribution in [1.82, 2.24) is 10.2 Å². The lowest BCUT2D eigenvalue weighted by molar-refractivity contribution is 0.0374. The molecule has 0 radical (unpaired) electrons. The maximum absolute atomic E-state index is 5.28. The molecule has 3 nitrogen and oxygen atoms in total. The van der Waals surface area contributed by atoms with Crippen molar-refractivity contribution in [2.75, 3.05) is 39.4 Å². The van der Waals surface area contributed by atoms with Crippen molar-refractivity contribution in [1.29, 1.82) is 0 Å². The molecule has 3 heteroatoms. The van der Waals surface area contributed by atoms with Gasteiger partial charge in [-0.1, -0.05) is 5.92 Å².